The average molecular weight is 391 g/mol. The minimum absolute atomic E-state index is 0.0184. The zero-order chi connectivity index (χ0) is 20.3. The van der Waals surface area contributed by atoms with Crippen LogP contribution in [0.1, 0.15) is 10.5 Å². The van der Waals surface area contributed by atoms with Crippen LogP contribution in [0, 0.1) is 17.7 Å². The van der Waals surface area contributed by atoms with Crippen LogP contribution < -0.4 is 5.43 Å². The van der Waals surface area contributed by atoms with Gasteiger partial charge in [-0.1, -0.05) is 6.07 Å². The molecule has 1 aromatic heterocycles. The molecule has 2 heterocycles. The highest BCUT2D eigenvalue weighted by molar-refractivity contribution is 5.95. The summed E-state index contributed by atoms with van der Waals surface area (Å²) in [4.78, 5) is 31.7. The zero-order valence-corrected chi connectivity index (χ0v) is 16.2. The Morgan fingerprint density at radius 2 is 2.14 bits per heavy atom. The first-order chi connectivity index (χ1) is 13.4. The molecule has 2 aromatic rings. The van der Waals surface area contributed by atoms with Crippen LogP contribution in [0.2, 0.25) is 0 Å². The average Bonchev–Trinajstić information content (AvgIpc) is 3.09. The lowest BCUT2D eigenvalue weighted by Crippen LogP contribution is -2.34. The van der Waals surface area contributed by atoms with Crippen molar-refractivity contribution in [3.8, 4) is 0 Å². The first-order valence-corrected chi connectivity index (χ1v) is 9.33. The number of para-hydroxylation sites is 1. The maximum Gasteiger partial charge on any atom is 0.270 e. The van der Waals surface area contributed by atoms with E-state index in [1.165, 1.54) is 24.3 Å². The van der Waals surface area contributed by atoms with E-state index >= 15 is 0 Å². The predicted octanol–water partition coefficient (Wildman–Crippen LogP) is 0.926. The monoisotopic (exact) mass is 391 g/mol. The SMILES string of the molecule is COCCN(C)CC1CN(C(=O)c2cc(=O)c3cccc(F)c3[nH]2)CC1CO. The molecule has 0 bridgehead atoms. The summed E-state index contributed by atoms with van der Waals surface area (Å²) in [5.41, 5.74) is -0.301. The lowest BCUT2D eigenvalue weighted by Gasteiger charge is -2.23. The van der Waals surface area contributed by atoms with Crippen LogP contribution in [-0.4, -0.2) is 79.3 Å². The van der Waals surface area contributed by atoms with Gasteiger partial charge in [-0.15, -0.1) is 0 Å². The summed E-state index contributed by atoms with van der Waals surface area (Å²) in [5, 5.41) is 9.94. The van der Waals surface area contributed by atoms with Gasteiger partial charge >= 0.3 is 0 Å². The highest BCUT2D eigenvalue weighted by Gasteiger charge is 2.36. The number of hydrogen-bond acceptors (Lipinski definition) is 5. The van der Waals surface area contributed by atoms with Crippen molar-refractivity contribution in [2.24, 2.45) is 11.8 Å². The number of aliphatic hydroxyl groups excluding tert-OH is 1. The van der Waals surface area contributed by atoms with E-state index in [9.17, 15) is 19.1 Å². The van der Waals surface area contributed by atoms with Gasteiger partial charge in [0, 0.05) is 57.3 Å². The minimum Gasteiger partial charge on any atom is -0.396 e. The number of rotatable bonds is 7. The summed E-state index contributed by atoms with van der Waals surface area (Å²) < 4.78 is 19.2. The van der Waals surface area contributed by atoms with Crippen molar-refractivity contribution in [2.45, 2.75) is 0 Å². The molecule has 0 aliphatic carbocycles. The lowest BCUT2D eigenvalue weighted by atomic mass is 9.96. The molecule has 2 atom stereocenters. The van der Waals surface area contributed by atoms with Gasteiger partial charge in [-0.3, -0.25) is 9.59 Å². The number of aromatic amines is 1. The van der Waals surface area contributed by atoms with Gasteiger partial charge < -0.3 is 24.6 Å². The number of halogens is 1. The fraction of sp³-hybridized carbons (Fsp3) is 0.500. The number of carbonyl (C=O) groups excluding carboxylic acids is 1. The Labute approximate surface area is 162 Å². The van der Waals surface area contributed by atoms with Crippen molar-refractivity contribution in [3.05, 3.63) is 46.0 Å². The summed E-state index contributed by atoms with van der Waals surface area (Å²) in [6.45, 7) is 2.95. The van der Waals surface area contributed by atoms with E-state index < -0.39 is 11.2 Å². The number of carbonyl (C=O) groups is 1. The smallest absolute Gasteiger partial charge is 0.270 e. The number of hydrogen-bond donors (Lipinski definition) is 2. The molecule has 0 spiro atoms. The number of aliphatic hydroxyl groups is 1. The van der Waals surface area contributed by atoms with Crippen LogP contribution in [0.25, 0.3) is 10.9 Å². The molecule has 2 unspecified atom stereocenters. The third-order valence-corrected chi connectivity index (χ3v) is 5.37. The number of ether oxygens (including phenoxy) is 1. The van der Waals surface area contributed by atoms with Crippen LogP contribution in [0.15, 0.2) is 29.1 Å². The molecule has 1 aliphatic rings. The third-order valence-electron chi connectivity index (χ3n) is 5.37. The van der Waals surface area contributed by atoms with E-state index in [2.05, 4.69) is 9.88 Å². The van der Waals surface area contributed by atoms with Crippen molar-refractivity contribution in [1.29, 1.82) is 0 Å². The lowest BCUT2D eigenvalue weighted by molar-refractivity contribution is 0.0773. The number of likely N-dealkylation sites (tertiary alicyclic amines) is 1. The fourth-order valence-corrected chi connectivity index (χ4v) is 3.78. The molecule has 1 aliphatic heterocycles. The van der Waals surface area contributed by atoms with Crippen molar-refractivity contribution in [1.82, 2.24) is 14.8 Å². The fourth-order valence-electron chi connectivity index (χ4n) is 3.78. The molecule has 0 radical (unpaired) electrons. The molecule has 152 valence electrons. The van der Waals surface area contributed by atoms with E-state index in [0.717, 1.165) is 13.1 Å². The molecule has 8 heteroatoms. The van der Waals surface area contributed by atoms with Crippen LogP contribution in [0.4, 0.5) is 4.39 Å². The van der Waals surface area contributed by atoms with Crippen LogP contribution in [0.3, 0.4) is 0 Å². The number of H-pyrrole nitrogens is 1. The summed E-state index contributed by atoms with van der Waals surface area (Å²) in [6, 6.07) is 5.45. The normalized spacial score (nSPS) is 19.7. The van der Waals surface area contributed by atoms with Gasteiger partial charge in [0.2, 0.25) is 0 Å². The van der Waals surface area contributed by atoms with E-state index in [1.807, 2.05) is 7.05 Å². The zero-order valence-electron chi connectivity index (χ0n) is 16.2. The third kappa shape index (κ3) is 4.24. The molecular weight excluding hydrogens is 365 g/mol. The molecular formula is C20H26FN3O4. The summed E-state index contributed by atoms with van der Waals surface area (Å²) >= 11 is 0. The Morgan fingerprint density at radius 1 is 1.39 bits per heavy atom. The number of aromatic nitrogens is 1. The van der Waals surface area contributed by atoms with E-state index in [-0.39, 0.29) is 40.9 Å². The van der Waals surface area contributed by atoms with Crippen LogP contribution in [0.5, 0.6) is 0 Å². The Bertz CT molecular complexity index is 901. The highest BCUT2D eigenvalue weighted by Crippen LogP contribution is 2.25. The van der Waals surface area contributed by atoms with E-state index in [0.29, 0.717) is 19.7 Å². The summed E-state index contributed by atoms with van der Waals surface area (Å²) in [5.74, 6) is -0.864. The van der Waals surface area contributed by atoms with E-state index in [1.54, 1.807) is 12.0 Å². The van der Waals surface area contributed by atoms with Crippen molar-refractivity contribution in [2.75, 3.05) is 53.6 Å². The summed E-state index contributed by atoms with van der Waals surface area (Å²) in [7, 11) is 3.62. The minimum atomic E-state index is -0.573. The number of amides is 1. The topological polar surface area (TPSA) is 85.9 Å². The number of nitrogens with one attached hydrogen (secondary N) is 1. The van der Waals surface area contributed by atoms with Crippen LogP contribution >= 0.6 is 0 Å². The van der Waals surface area contributed by atoms with Crippen molar-refractivity contribution in [3.63, 3.8) is 0 Å². The van der Waals surface area contributed by atoms with Gasteiger partial charge in [0.25, 0.3) is 5.91 Å². The van der Waals surface area contributed by atoms with Crippen LogP contribution in [-0.2, 0) is 4.74 Å². The molecule has 1 saturated heterocycles. The standard InChI is InChI=1S/C20H26FN3O4/c1-23(6-7-28-2)9-13-10-24(11-14(13)12-25)20(27)17-8-18(26)15-4-3-5-16(21)19(15)22-17/h3-5,8,13-14,25H,6-7,9-12H2,1-2H3,(H,22,26). The number of benzene rings is 1. The molecule has 1 fully saturated rings. The van der Waals surface area contributed by atoms with Crippen molar-refractivity contribution >= 4 is 16.8 Å². The first-order valence-electron chi connectivity index (χ1n) is 9.33. The number of methoxy groups -OCH3 is 1. The molecule has 2 N–H and O–H groups in total. The molecule has 1 aromatic carbocycles. The van der Waals surface area contributed by atoms with Gasteiger partial charge in [-0.2, -0.15) is 0 Å². The second-order valence-corrected chi connectivity index (χ2v) is 7.38. The Morgan fingerprint density at radius 3 is 2.86 bits per heavy atom. The molecule has 0 saturated carbocycles. The first kappa shape index (κ1) is 20.4. The Balaban J connectivity index is 1.78. The van der Waals surface area contributed by atoms with Crippen molar-refractivity contribution < 1.29 is 19.0 Å². The predicted molar refractivity (Wildman–Crippen MR) is 104 cm³/mol. The second kappa shape index (κ2) is 8.81. The molecule has 7 nitrogen and oxygen atoms in total. The number of nitrogens with zero attached hydrogens (tertiary/aromatic N) is 2. The van der Waals surface area contributed by atoms with E-state index in [4.69, 9.17) is 4.74 Å². The van der Waals surface area contributed by atoms with Gasteiger partial charge in [0.05, 0.1) is 12.1 Å². The van der Waals surface area contributed by atoms with Gasteiger partial charge in [0.15, 0.2) is 5.43 Å². The maximum atomic E-state index is 14.1. The number of likely N-dealkylation sites (N-methyl/N-ethyl adjacent to an activating group) is 1. The number of pyridine rings is 1. The Hall–Kier alpha value is -2.29. The molecule has 1 amide bonds. The molecule has 3 rings (SSSR count). The maximum absolute atomic E-state index is 14.1. The molecule has 28 heavy (non-hydrogen) atoms. The van der Waals surface area contributed by atoms with Gasteiger partial charge in [0.1, 0.15) is 11.5 Å². The van der Waals surface area contributed by atoms with Gasteiger partial charge in [-0.05, 0) is 25.1 Å². The summed E-state index contributed by atoms with van der Waals surface area (Å²) in [6.07, 6.45) is 0. The largest absolute Gasteiger partial charge is 0.396 e. The quantitative estimate of drug-likeness (QED) is 0.733. The Kier molecular flexibility index (Phi) is 6.43. The van der Waals surface area contributed by atoms with Gasteiger partial charge in [-0.25, -0.2) is 4.39 Å². The second-order valence-electron chi connectivity index (χ2n) is 7.38. The number of fused-ring (bicyclic) bond motifs is 1. The highest BCUT2D eigenvalue weighted by atomic mass is 19.1.